The number of carbonyl (C=O) groups is 4. The van der Waals surface area contributed by atoms with Crippen molar-refractivity contribution < 1.29 is 44.3 Å². The van der Waals surface area contributed by atoms with Crippen molar-refractivity contribution in [3.8, 4) is 11.4 Å². The summed E-state index contributed by atoms with van der Waals surface area (Å²) in [4.78, 5) is 53.1. The highest BCUT2D eigenvalue weighted by Gasteiger charge is 2.64. The number of Topliss-reactive ketones (excluding diaryl/α,β-unsaturated/α-hetero) is 2. The maximum atomic E-state index is 13.9. The molecule has 40 heavy (non-hydrogen) atoms. The quantitative estimate of drug-likeness (QED) is 0.238. The maximum absolute atomic E-state index is 13.9. The number of carbonyl (C=O) groups excluding carboxylic acids is 4. The second kappa shape index (κ2) is 9.27. The Balaban J connectivity index is 1.72. The number of likely N-dealkylation sites (N-methyl/N-ethyl adjacent to an activating group) is 1. The summed E-state index contributed by atoms with van der Waals surface area (Å²) in [5.41, 5.74) is 1.87. The minimum Gasteiger partial charge on any atom is -0.508 e. The SMILES string of the molecule is CCOC(=O)c1cnnn1-c1ccc(O)c2c1CC1CC3C(N(C)C)C(=O)C(C(N)=O)=C(O)C3(O)C(=O)C1=C2O. The zero-order valence-electron chi connectivity index (χ0n) is 21.8. The van der Waals surface area contributed by atoms with Gasteiger partial charge in [-0.25, -0.2) is 9.48 Å². The lowest BCUT2D eigenvalue weighted by molar-refractivity contribution is -0.153. The lowest BCUT2D eigenvalue weighted by Crippen LogP contribution is -2.65. The first kappa shape index (κ1) is 27.0. The Morgan fingerprint density at radius 2 is 1.93 bits per heavy atom. The molecule has 1 fully saturated rings. The highest BCUT2D eigenvalue weighted by atomic mass is 16.5. The summed E-state index contributed by atoms with van der Waals surface area (Å²) in [6.45, 7) is 1.74. The Kier molecular flexibility index (Phi) is 6.27. The number of fused-ring (bicyclic) bond motifs is 3. The van der Waals surface area contributed by atoms with Crippen molar-refractivity contribution in [1.82, 2.24) is 19.9 Å². The second-order valence-electron chi connectivity index (χ2n) is 10.2. The van der Waals surface area contributed by atoms with Gasteiger partial charge in [-0.2, -0.15) is 0 Å². The number of aliphatic hydroxyl groups is 3. The van der Waals surface area contributed by atoms with Gasteiger partial charge in [0.1, 0.15) is 22.8 Å². The fourth-order valence-electron chi connectivity index (χ4n) is 6.18. The molecule has 4 atom stereocenters. The Morgan fingerprint density at radius 3 is 2.55 bits per heavy atom. The fraction of sp³-hybridized carbons (Fsp3) is 0.385. The van der Waals surface area contributed by atoms with Crippen LogP contribution in [0, 0.1) is 11.8 Å². The van der Waals surface area contributed by atoms with Crippen molar-refractivity contribution in [1.29, 1.82) is 0 Å². The summed E-state index contributed by atoms with van der Waals surface area (Å²) in [5.74, 6) is -8.20. The molecule has 1 heterocycles. The van der Waals surface area contributed by atoms with Gasteiger partial charge < -0.3 is 30.9 Å². The molecule has 1 amide bonds. The van der Waals surface area contributed by atoms with Gasteiger partial charge in [-0.15, -0.1) is 5.10 Å². The molecule has 0 bridgehead atoms. The van der Waals surface area contributed by atoms with E-state index in [2.05, 4.69) is 10.3 Å². The van der Waals surface area contributed by atoms with Crippen LogP contribution in [0.25, 0.3) is 11.4 Å². The predicted octanol–water partition coefficient (Wildman–Crippen LogP) is -0.279. The van der Waals surface area contributed by atoms with E-state index in [1.54, 1.807) is 6.92 Å². The average Bonchev–Trinajstić information content (AvgIpc) is 3.36. The van der Waals surface area contributed by atoms with Crippen molar-refractivity contribution in [2.75, 3.05) is 20.7 Å². The normalized spacial score (nSPS) is 26.0. The van der Waals surface area contributed by atoms with Crippen LogP contribution in [0.15, 0.2) is 35.2 Å². The highest BCUT2D eigenvalue weighted by Crippen LogP contribution is 2.53. The molecule has 14 nitrogen and oxygen atoms in total. The number of benzene rings is 1. The van der Waals surface area contributed by atoms with Gasteiger partial charge in [-0.1, -0.05) is 5.21 Å². The van der Waals surface area contributed by atoms with E-state index in [0.717, 1.165) is 0 Å². The third-order valence-electron chi connectivity index (χ3n) is 7.84. The van der Waals surface area contributed by atoms with Crippen molar-refractivity contribution >= 4 is 29.2 Å². The van der Waals surface area contributed by atoms with Crippen LogP contribution in [0.4, 0.5) is 0 Å². The third-order valence-corrected chi connectivity index (χ3v) is 7.84. The molecule has 0 aliphatic heterocycles. The summed E-state index contributed by atoms with van der Waals surface area (Å²) < 4.78 is 6.26. The van der Waals surface area contributed by atoms with Crippen molar-refractivity contribution in [2.45, 2.75) is 31.4 Å². The van der Waals surface area contributed by atoms with Crippen LogP contribution in [0.2, 0.25) is 0 Å². The first-order chi connectivity index (χ1) is 18.9. The van der Waals surface area contributed by atoms with Crippen LogP contribution in [0.1, 0.15) is 35.0 Å². The van der Waals surface area contributed by atoms with Gasteiger partial charge in [0.25, 0.3) is 5.91 Å². The molecule has 4 unspecified atom stereocenters. The molecule has 0 radical (unpaired) electrons. The summed E-state index contributed by atoms with van der Waals surface area (Å²) in [7, 11) is 3.04. The molecule has 210 valence electrons. The van der Waals surface area contributed by atoms with Gasteiger partial charge in [-0.3, -0.25) is 19.3 Å². The number of rotatable bonds is 5. The number of hydrogen-bond donors (Lipinski definition) is 5. The number of nitrogens with zero attached hydrogens (tertiary/aromatic N) is 4. The lowest BCUT2D eigenvalue weighted by Gasteiger charge is -2.50. The van der Waals surface area contributed by atoms with E-state index in [-0.39, 0.29) is 42.0 Å². The van der Waals surface area contributed by atoms with Gasteiger partial charge >= 0.3 is 5.97 Å². The minimum atomic E-state index is -2.74. The standard InChI is InChI=1S/C26H27N5O9/c1-4-40-25(38)14-9-28-29-31(14)13-5-6-15(32)17-11(13)7-10-8-12-19(30(2)3)21(34)18(24(27)37)23(36)26(12,39)22(35)16(10)20(17)33/h5-6,9-10,12,19,32-33,36,39H,4,7-8H2,1-3H3,(H2,27,37). The Bertz CT molecular complexity index is 1560. The van der Waals surface area contributed by atoms with E-state index in [1.807, 2.05) is 0 Å². The maximum Gasteiger partial charge on any atom is 0.358 e. The molecule has 3 aliphatic carbocycles. The van der Waals surface area contributed by atoms with Crippen molar-refractivity contribution in [3.05, 3.63) is 52.1 Å². The van der Waals surface area contributed by atoms with E-state index >= 15 is 0 Å². The van der Waals surface area contributed by atoms with Gasteiger partial charge in [0.05, 0.1) is 30.1 Å². The molecular formula is C26H27N5O9. The van der Waals surface area contributed by atoms with Gasteiger partial charge in [0.15, 0.2) is 17.1 Å². The average molecular weight is 554 g/mol. The summed E-state index contributed by atoms with van der Waals surface area (Å²) in [6.07, 6.45) is 1.13. The molecule has 5 rings (SSSR count). The molecule has 0 saturated heterocycles. The zero-order chi connectivity index (χ0) is 29.3. The number of phenols is 1. The Labute approximate surface area is 226 Å². The second-order valence-corrected chi connectivity index (χ2v) is 10.2. The third kappa shape index (κ3) is 3.56. The Hall–Kier alpha value is -4.56. The number of primary amides is 1. The Morgan fingerprint density at radius 1 is 1.23 bits per heavy atom. The molecule has 6 N–H and O–H groups in total. The van der Waals surface area contributed by atoms with Crippen LogP contribution in [-0.2, 0) is 25.5 Å². The van der Waals surface area contributed by atoms with Crippen LogP contribution in [-0.4, -0.2) is 96.1 Å². The van der Waals surface area contributed by atoms with E-state index < -0.39 is 69.8 Å². The predicted molar refractivity (Wildman–Crippen MR) is 135 cm³/mol. The molecule has 14 heteroatoms. The van der Waals surface area contributed by atoms with Crippen LogP contribution < -0.4 is 5.73 Å². The molecule has 3 aliphatic rings. The van der Waals surface area contributed by atoms with E-state index in [1.165, 1.54) is 42.0 Å². The van der Waals surface area contributed by atoms with E-state index in [0.29, 0.717) is 5.56 Å². The summed E-state index contributed by atoms with van der Waals surface area (Å²) >= 11 is 0. The molecule has 0 spiro atoms. The number of aromatic hydroxyl groups is 1. The van der Waals surface area contributed by atoms with Crippen molar-refractivity contribution in [2.24, 2.45) is 17.6 Å². The lowest BCUT2D eigenvalue weighted by atomic mass is 9.57. The zero-order valence-corrected chi connectivity index (χ0v) is 21.8. The molecule has 1 saturated carbocycles. The molecule has 1 aromatic heterocycles. The monoisotopic (exact) mass is 553 g/mol. The number of nitrogens with two attached hydrogens (primary N) is 1. The van der Waals surface area contributed by atoms with Gasteiger partial charge in [0.2, 0.25) is 5.78 Å². The number of ether oxygens (including phenoxy) is 1. The van der Waals surface area contributed by atoms with Crippen LogP contribution >= 0.6 is 0 Å². The smallest absolute Gasteiger partial charge is 0.358 e. The summed E-state index contributed by atoms with van der Waals surface area (Å²) in [5, 5.41) is 52.5. The number of ketones is 2. The first-order valence-electron chi connectivity index (χ1n) is 12.4. The van der Waals surface area contributed by atoms with Gasteiger partial charge in [-0.05, 0) is 57.5 Å². The molecule has 1 aromatic carbocycles. The first-order valence-corrected chi connectivity index (χ1v) is 12.4. The van der Waals surface area contributed by atoms with Crippen LogP contribution in [0.3, 0.4) is 0 Å². The fourth-order valence-corrected chi connectivity index (χ4v) is 6.18. The molecular weight excluding hydrogens is 526 g/mol. The summed E-state index contributed by atoms with van der Waals surface area (Å²) in [6, 6.07) is 1.49. The van der Waals surface area contributed by atoms with Crippen LogP contribution in [0.5, 0.6) is 5.75 Å². The number of amides is 1. The topological polar surface area (TPSA) is 218 Å². The largest absolute Gasteiger partial charge is 0.508 e. The number of aliphatic hydroxyl groups excluding tert-OH is 2. The number of hydrogen-bond acceptors (Lipinski definition) is 12. The molecule has 2 aromatic rings. The number of esters is 1. The number of aromatic nitrogens is 3. The minimum absolute atomic E-state index is 0.0143. The van der Waals surface area contributed by atoms with E-state index in [4.69, 9.17) is 10.5 Å². The van der Waals surface area contributed by atoms with E-state index in [9.17, 15) is 39.6 Å². The number of phenolic OH excluding ortho intramolecular Hbond substituents is 1. The van der Waals surface area contributed by atoms with Crippen molar-refractivity contribution in [3.63, 3.8) is 0 Å². The van der Waals surface area contributed by atoms with Gasteiger partial charge in [0, 0.05) is 11.5 Å². The highest BCUT2D eigenvalue weighted by molar-refractivity contribution is 6.24.